The first-order chi connectivity index (χ1) is 10.4. The van der Waals surface area contributed by atoms with Crippen molar-refractivity contribution in [1.29, 1.82) is 0 Å². The fourth-order valence-electron chi connectivity index (χ4n) is 3.49. The van der Waals surface area contributed by atoms with Gasteiger partial charge in [-0.15, -0.1) is 6.07 Å². The van der Waals surface area contributed by atoms with Gasteiger partial charge in [0.1, 0.15) is 11.7 Å². The van der Waals surface area contributed by atoms with Crippen LogP contribution in [0.3, 0.4) is 0 Å². The predicted octanol–water partition coefficient (Wildman–Crippen LogP) is 1.83. The first kappa shape index (κ1) is 11.0. The molecule has 2 heteroatoms. The van der Waals surface area contributed by atoms with Crippen molar-refractivity contribution in [2.24, 2.45) is 0 Å². The highest BCUT2D eigenvalue weighted by Gasteiger charge is 2.16. The minimum Gasteiger partial charge on any atom is -0.190 e. The first-order valence-electron chi connectivity index (χ1n) is 7.28. The van der Waals surface area contributed by atoms with Crippen molar-refractivity contribution in [3.63, 3.8) is 0 Å². The monoisotopic (exact) mass is 270 g/mol. The maximum atomic E-state index is 2.30. The van der Waals surface area contributed by atoms with Gasteiger partial charge in [0.25, 0.3) is 0 Å². The third-order valence-corrected chi connectivity index (χ3v) is 4.40. The van der Waals surface area contributed by atoms with Gasteiger partial charge in [0, 0.05) is 0 Å². The van der Waals surface area contributed by atoms with Crippen LogP contribution >= 0.6 is 0 Å². The molecule has 0 N–H and O–H groups in total. The molecule has 1 aliphatic carbocycles. The van der Waals surface area contributed by atoms with Gasteiger partial charge < -0.3 is 0 Å². The lowest BCUT2D eigenvalue weighted by Crippen LogP contribution is -2.37. The van der Waals surface area contributed by atoms with Crippen molar-refractivity contribution < 1.29 is 8.64 Å². The Morgan fingerprint density at radius 2 is 2.10 bits per heavy atom. The molecule has 5 rings (SSSR count). The molecular weight excluding hydrogens is 256 g/mol. The van der Waals surface area contributed by atoms with Crippen LogP contribution in [0.4, 0.5) is 0 Å². The Balaban J connectivity index is 2.23. The number of hydrogen-bond donors (Lipinski definition) is 0. The molecule has 0 fully saturated rings. The van der Waals surface area contributed by atoms with Gasteiger partial charge >= 0.3 is 5.65 Å². The summed E-state index contributed by atoms with van der Waals surface area (Å²) in [6.45, 7) is 0. The van der Waals surface area contributed by atoms with Gasteiger partial charge in [-0.3, -0.25) is 0 Å². The number of benzene rings is 1. The molecule has 0 bridgehead atoms. The van der Waals surface area contributed by atoms with Crippen molar-refractivity contribution in [3.8, 4) is 0 Å². The number of fused-ring (bicyclic) bond motifs is 3. The van der Waals surface area contributed by atoms with E-state index in [0.717, 1.165) is 6.42 Å². The van der Waals surface area contributed by atoms with Crippen molar-refractivity contribution in [1.82, 2.24) is 0 Å². The second kappa shape index (κ2) is 3.89. The van der Waals surface area contributed by atoms with Crippen LogP contribution in [0.1, 0.15) is 12.0 Å². The Morgan fingerprint density at radius 1 is 1.14 bits per heavy atom. The van der Waals surface area contributed by atoms with E-state index in [1.165, 1.54) is 32.9 Å². The van der Waals surface area contributed by atoms with Crippen LogP contribution in [-0.4, -0.2) is 0 Å². The van der Waals surface area contributed by atoms with E-state index in [9.17, 15) is 0 Å². The summed E-state index contributed by atoms with van der Waals surface area (Å²) in [6.07, 6.45) is 18.4. The van der Waals surface area contributed by atoms with E-state index in [0.29, 0.717) is 0 Å². The van der Waals surface area contributed by atoms with E-state index < -0.39 is 0 Å². The van der Waals surface area contributed by atoms with Gasteiger partial charge in [0.2, 0.25) is 0 Å². The molecule has 0 spiro atoms. The number of pyridine rings is 1. The molecule has 0 unspecified atom stereocenters. The Hall–Kier alpha value is -2.74. The molecule has 0 radical (unpaired) electrons. The molecule has 2 aromatic heterocycles. The molecule has 1 aromatic carbocycles. The molecule has 1 aliphatic heterocycles. The van der Waals surface area contributed by atoms with Crippen molar-refractivity contribution in [2.75, 3.05) is 0 Å². The lowest BCUT2D eigenvalue weighted by Gasteiger charge is -2.21. The Bertz CT molecular complexity index is 1080. The van der Waals surface area contributed by atoms with E-state index in [-0.39, 0.29) is 0 Å². The minimum atomic E-state index is 0.979. The summed E-state index contributed by atoms with van der Waals surface area (Å²) in [6, 6.07) is 8.64. The SMILES string of the molecule is C1=CCC2=c3c(c4ccccc4[n+]4cc[n+]([c-]34)=C1)[CH-]C=C2. The molecule has 100 valence electrons. The maximum absolute atomic E-state index is 2.30. The van der Waals surface area contributed by atoms with Gasteiger partial charge in [-0.2, -0.15) is 38.4 Å². The summed E-state index contributed by atoms with van der Waals surface area (Å²) in [5, 5.41) is 2.68. The third kappa shape index (κ3) is 1.37. The number of allylic oxidation sites excluding steroid dienone is 4. The summed E-state index contributed by atoms with van der Waals surface area (Å²) in [5.41, 5.74) is 5.24. The summed E-state index contributed by atoms with van der Waals surface area (Å²) in [7, 11) is 0. The van der Waals surface area contributed by atoms with Gasteiger partial charge in [-0.1, -0.05) is 23.6 Å². The molecule has 21 heavy (non-hydrogen) atoms. The molecule has 2 aliphatic rings. The Labute approximate surface area is 122 Å². The maximum Gasteiger partial charge on any atom is 0.356 e. The fraction of sp³-hybridized carbons (Fsp3) is 0.0526. The molecule has 3 heterocycles. The van der Waals surface area contributed by atoms with Gasteiger partial charge in [-0.25, -0.2) is 0 Å². The molecule has 2 nitrogen and oxygen atoms in total. The average Bonchev–Trinajstić information content (AvgIpc) is 2.93. The zero-order valence-electron chi connectivity index (χ0n) is 11.5. The van der Waals surface area contributed by atoms with Gasteiger partial charge in [0.15, 0.2) is 12.4 Å². The van der Waals surface area contributed by atoms with Crippen LogP contribution in [0.15, 0.2) is 61.0 Å². The number of para-hydroxylation sites is 1. The van der Waals surface area contributed by atoms with E-state index in [1.807, 2.05) is 0 Å². The summed E-state index contributed by atoms with van der Waals surface area (Å²) < 4.78 is 4.52. The Kier molecular flexibility index (Phi) is 2.03. The van der Waals surface area contributed by atoms with E-state index in [1.54, 1.807) is 0 Å². The zero-order chi connectivity index (χ0) is 13.8. The summed E-state index contributed by atoms with van der Waals surface area (Å²) in [5.74, 6) is 0. The van der Waals surface area contributed by atoms with Crippen LogP contribution in [-0.2, 0) is 0 Å². The highest BCUT2D eigenvalue weighted by atomic mass is 15.0. The minimum absolute atomic E-state index is 0.979. The number of nitrogens with zero attached hydrogens (tertiary/aromatic N) is 2. The number of hydrogen-bond acceptors (Lipinski definition) is 0. The van der Waals surface area contributed by atoms with Gasteiger partial charge in [-0.05, 0) is 23.8 Å². The van der Waals surface area contributed by atoms with E-state index >= 15 is 0 Å². The lowest BCUT2D eigenvalue weighted by molar-refractivity contribution is -0.566. The molecule has 0 amide bonds. The topological polar surface area (TPSA) is 10.0 Å². The quantitative estimate of drug-likeness (QED) is 0.436. The van der Waals surface area contributed by atoms with Crippen molar-refractivity contribution in [3.05, 3.63) is 84.4 Å². The lowest BCUT2D eigenvalue weighted by atomic mass is 9.94. The molecule has 3 aromatic rings. The number of imidazole rings is 1. The molecule has 0 saturated carbocycles. The van der Waals surface area contributed by atoms with E-state index in [4.69, 9.17) is 0 Å². The summed E-state index contributed by atoms with van der Waals surface area (Å²) >= 11 is 0. The predicted molar refractivity (Wildman–Crippen MR) is 81.9 cm³/mol. The van der Waals surface area contributed by atoms with Crippen LogP contribution in [0.5, 0.6) is 0 Å². The molecule has 0 saturated heterocycles. The molecule has 0 atom stereocenters. The summed E-state index contributed by atoms with van der Waals surface area (Å²) in [4.78, 5) is 0. The standard InChI is InChI=1S/C19H14N2/c1-2-10-17-15(8-1)16-9-5-7-14-6-3-4-11-20-12-13-21(17)19(20)18(14)16/h1-5,7-13H,6H2. The Morgan fingerprint density at radius 3 is 3.10 bits per heavy atom. The molecular formula is C19H14N2. The highest BCUT2D eigenvalue weighted by Crippen LogP contribution is 2.21. The normalized spacial score (nSPS) is 15.7. The third-order valence-electron chi connectivity index (χ3n) is 4.40. The zero-order valence-corrected chi connectivity index (χ0v) is 11.5. The fourth-order valence-corrected chi connectivity index (χ4v) is 3.49. The smallest absolute Gasteiger partial charge is 0.190 e. The van der Waals surface area contributed by atoms with Crippen LogP contribution in [0.2, 0.25) is 0 Å². The number of rotatable bonds is 0. The highest BCUT2D eigenvalue weighted by molar-refractivity contribution is 5.86. The largest absolute Gasteiger partial charge is 0.356 e. The van der Waals surface area contributed by atoms with E-state index in [2.05, 4.69) is 82.2 Å². The van der Waals surface area contributed by atoms with Crippen molar-refractivity contribution >= 4 is 22.1 Å². The van der Waals surface area contributed by atoms with Crippen molar-refractivity contribution in [2.45, 2.75) is 6.42 Å². The van der Waals surface area contributed by atoms with Crippen LogP contribution in [0.25, 0.3) is 22.1 Å². The average molecular weight is 270 g/mol. The van der Waals surface area contributed by atoms with Crippen LogP contribution in [0, 0.1) is 12.6 Å². The number of aromatic nitrogens is 2. The first-order valence-corrected chi connectivity index (χ1v) is 7.28. The second-order valence-electron chi connectivity index (χ2n) is 5.54. The van der Waals surface area contributed by atoms with Gasteiger partial charge in [0.05, 0.1) is 0 Å². The van der Waals surface area contributed by atoms with Crippen LogP contribution < -0.4 is 13.9 Å². The second-order valence-corrected chi connectivity index (χ2v) is 5.54.